The van der Waals surface area contributed by atoms with Crippen molar-refractivity contribution in [1.29, 1.82) is 0 Å². The molecule has 0 saturated heterocycles. The van der Waals surface area contributed by atoms with Crippen LogP contribution < -0.4 is 10.1 Å². The molecule has 0 aliphatic heterocycles. The average Bonchev–Trinajstić information content (AvgIpc) is 3.15. The van der Waals surface area contributed by atoms with Crippen LogP contribution in [0.4, 0.5) is 10.1 Å². The quantitative estimate of drug-likeness (QED) is 0.388. The molecule has 0 radical (unpaired) electrons. The van der Waals surface area contributed by atoms with E-state index >= 15 is 0 Å². The van der Waals surface area contributed by atoms with Crippen molar-refractivity contribution in [2.45, 2.75) is 38.1 Å². The third-order valence-electron chi connectivity index (χ3n) is 4.25. The lowest BCUT2D eigenvalue weighted by Gasteiger charge is -2.19. The first-order chi connectivity index (χ1) is 14.8. The summed E-state index contributed by atoms with van der Waals surface area (Å²) in [5.41, 5.74) is 0.442. The molecule has 1 heterocycles. The van der Waals surface area contributed by atoms with Crippen LogP contribution in [-0.4, -0.2) is 26.4 Å². The summed E-state index contributed by atoms with van der Waals surface area (Å²) in [4.78, 5) is 12.4. The summed E-state index contributed by atoms with van der Waals surface area (Å²) in [6, 6.07) is 11.0. The first-order valence-corrected chi connectivity index (χ1v) is 11.2. The third-order valence-corrected chi connectivity index (χ3v) is 5.75. The Balaban J connectivity index is 1.70. The Bertz CT molecular complexity index is 1080. The zero-order valence-corrected chi connectivity index (χ0v) is 19.4. The number of carbonyl (C=O) groups is 1. The first-order valence-electron chi connectivity index (χ1n) is 9.50. The number of ether oxygens (including phenoxy) is 1. The maximum Gasteiger partial charge on any atom is 0.234 e. The van der Waals surface area contributed by atoms with Gasteiger partial charge in [0.25, 0.3) is 0 Å². The zero-order chi connectivity index (χ0) is 22.5. The summed E-state index contributed by atoms with van der Waals surface area (Å²) >= 11 is 13.3. The van der Waals surface area contributed by atoms with Gasteiger partial charge in [0, 0.05) is 11.1 Å². The second-order valence-electron chi connectivity index (χ2n) is 6.96. The fourth-order valence-corrected chi connectivity index (χ4v) is 4.05. The number of hydrogen-bond donors (Lipinski definition) is 1. The highest BCUT2D eigenvalue weighted by Gasteiger charge is 2.23. The molecule has 31 heavy (non-hydrogen) atoms. The predicted octanol–water partition coefficient (Wildman–Crippen LogP) is 6.18. The standard InChI is InChI=1S/C21H21Cl2FN4O2S/c1-12(2)28-20(13(3)30-18-7-5-4-6-16(18)24)26-27-21(28)31-11-19(29)25-17-10-14(22)8-9-15(17)23/h4-10,12-13H,11H2,1-3H3,(H,25,29). The summed E-state index contributed by atoms with van der Waals surface area (Å²) in [6.07, 6.45) is -0.541. The summed E-state index contributed by atoms with van der Waals surface area (Å²) in [5, 5.41) is 12.6. The van der Waals surface area contributed by atoms with Crippen LogP contribution in [0, 0.1) is 5.82 Å². The number of anilines is 1. The van der Waals surface area contributed by atoms with Gasteiger partial charge >= 0.3 is 0 Å². The zero-order valence-electron chi connectivity index (χ0n) is 17.1. The lowest BCUT2D eigenvalue weighted by molar-refractivity contribution is -0.113. The normalized spacial score (nSPS) is 12.1. The molecule has 0 aliphatic rings. The molecule has 0 spiro atoms. The van der Waals surface area contributed by atoms with Gasteiger partial charge in [-0.25, -0.2) is 4.39 Å². The van der Waals surface area contributed by atoms with Crippen molar-refractivity contribution in [2.24, 2.45) is 0 Å². The molecular weight excluding hydrogens is 462 g/mol. The fourth-order valence-electron chi connectivity index (χ4n) is 2.84. The van der Waals surface area contributed by atoms with E-state index in [0.29, 0.717) is 26.7 Å². The van der Waals surface area contributed by atoms with E-state index in [1.54, 1.807) is 43.3 Å². The number of rotatable bonds is 8. The van der Waals surface area contributed by atoms with Crippen molar-refractivity contribution in [3.8, 4) is 5.75 Å². The lowest BCUT2D eigenvalue weighted by Crippen LogP contribution is -2.17. The van der Waals surface area contributed by atoms with Gasteiger partial charge in [-0.2, -0.15) is 0 Å². The number of thioether (sulfide) groups is 1. The number of carbonyl (C=O) groups excluding carboxylic acids is 1. The van der Waals surface area contributed by atoms with E-state index in [4.69, 9.17) is 27.9 Å². The summed E-state index contributed by atoms with van der Waals surface area (Å²) in [5.74, 6) is 0.0656. The minimum absolute atomic E-state index is 0.00426. The number of para-hydroxylation sites is 1. The van der Waals surface area contributed by atoms with Gasteiger partial charge < -0.3 is 14.6 Å². The van der Waals surface area contributed by atoms with E-state index in [-0.39, 0.29) is 23.5 Å². The molecule has 2 aromatic carbocycles. The molecule has 10 heteroatoms. The number of amides is 1. The Hall–Kier alpha value is -2.29. The molecule has 6 nitrogen and oxygen atoms in total. The van der Waals surface area contributed by atoms with Gasteiger partial charge in [-0.15, -0.1) is 10.2 Å². The minimum atomic E-state index is -0.541. The van der Waals surface area contributed by atoms with Crippen LogP contribution >= 0.6 is 35.0 Å². The highest BCUT2D eigenvalue weighted by atomic mass is 35.5. The second kappa shape index (κ2) is 10.3. The third kappa shape index (κ3) is 5.90. The second-order valence-corrected chi connectivity index (χ2v) is 8.74. The monoisotopic (exact) mass is 482 g/mol. The first kappa shape index (κ1) is 23.4. The number of hydrogen-bond acceptors (Lipinski definition) is 5. The Labute approximate surface area is 194 Å². The van der Waals surface area contributed by atoms with Crippen LogP contribution in [0.2, 0.25) is 10.0 Å². The van der Waals surface area contributed by atoms with E-state index in [1.807, 2.05) is 18.4 Å². The van der Waals surface area contributed by atoms with Crippen LogP contribution in [0.5, 0.6) is 5.75 Å². The molecule has 1 amide bonds. The van der Waals surface area contributed by atoms with Gasteiger partial charge in [0.05, 0.1) is 16.5 Å². The molecule has 0 fully saturated rings. The number of nitrogens with zero attached hydrogens (tertiary/aromatic N) is 3. The van der Waals surface area contributed by atoms with Crippen LogP contribution in [0.3, 0.4) is 0 Å². The molecule has 1 atom stereocenters. The molecule has 1 unspecified atom stereocenters. The van der Waals surface area contributed by atoms with Gasteiger partial charge in [0.2, 0.25) is 5.91 Å². The molecular formula is C21H21Cl2FN4O2S. The summed E-state index contributed by atoms with van der Waals surface area (Å²) in [6.45, 7) is 5.72. The van der Waals surface area contributed by atoms with Crippen LogP contribution in [-0.2, 0) is 4.79 Å². The van der Waals surface area contributed by atoms with Crippen molar-refractivity contribution in [3.05, 3.63) is 64.2 Å². The van der Waals surface area contributed by atoms with Crippen molar-refractivity contribution < 1.29 is 13.9 Å². The number of nitrogens with one attached hydrogen (secondary N) is 1. The Kier molecular flexibility index (Phi) is 7.80. The number of benzene rings is 2. The highest BCUT2D eigenvalue weighted by Crippen LogP contribution is 2.29. The van der Waals surface area contributed by atoms with E-state index in [0.717, 1.165) is 0 Å². The van der Waals surface area contributed by atoms with Gasteiger partial charge in [-0.3, -0.25) is 4.79 Å². The molecule has 3 aromatic rings. The number of halogens is 3. The van der Waals surface area contributed by atoms with Crippen molar-refractivity contribution in [2.75, 3.05) is 11.1 Å². The van der Waals surface area contributed by atoms with Crippen molar-refractivity contribution >= 4 is 46.6 Å². The van der Waals surface area contributed by atoms with E-state index in [9.17, 15) is 9.18 Å². The average molecular weight is 483 g/mol. The van der Waals surface area contributed by atoms with Gasteiger partial charge in [0.15, 0.2) is 28.7 Å². The van der Waals surface area contributed by atoms with Gasteiger partial charge in [-0.1, -0.05) is 47.1 Å². The van der Waals surface area contributed by atoms with Gasteiger partial charge in [-0.05, 0) is 51.1 Å². The maximum absolute atomic E-state index is 13.9. The predicted molar refractivity (Wildman–Crippen MR) is 122 cm³/mol. The molecule has 0 aliphatic carbocycles. The summed E-state index contributed by atoms with van der Waals surface area (Å²) < 4.78 is 21.6. The Morgan fingerprint density at radius 3 is 2.65 bits per heavy atom. The highest BCUT2D eigenvalue weighted by molar-refractivity contribution is 7.99. The lowest BCUT2D eigenvalue weighted by atomic mass is 10.3. The van der Waals surface area contributed by atoms with Crippen molar-refractivity contribution in [3.63, 3.8) is 0 Å². The molecule has 164 valence electrons. The minimum Gasteiger partial charge on any atom is -0.480 e. The fraction of sp³-hybridized carbons (Fsp3) is 0.286. The van der Waals surface area contributed by atoms with Crippen LogP contribution in [0.15, 0.2) is 47.6 Å². The van der Waals surface area contributed by atoms with Crippen LogP contribution in [0.25, 0.3) is 0 Å². The van der Waals surface area contributed by atoms with Gasteiger partial charge in [0.1, 0.15) is 0 Å². The van der Waals surface area contributed by atoms with Crippen molar-refractivity contribution in [1.82, 2.24) is 14.8 Å². The van der Waals surface area contributed by atoms with E-state index < -0.39 is 11.9 Å². The molecule has 0 bridgehead atoms. The topological polar surface area (TPSA) is 69.0 Å². The number of aromatic nitrogens is 3. The Morgan fingerprint density at radius 1 is 1.19 bits per heavy atom. The molecule has 3 rings (SSSR count). The SMILES string of the molecule is CC(Oc1ccccc1F)c1nnc(SCC(=O)Nc2cc(Cl)ccc2Cl)n1C(C)C. The molecule has 0 saturated carbocycles. The summed E-state index contributed by atoms with van der Waals surface area (Å²) in [7, 11) is 0. The molecule has 1 aromatic heterocycles. The van der Waals surface area contributed by atoms with Crippen LogP contribution in [0.1, 0.15) is 38.7 Å². The largest absolute Gasteiger partial charge is 0.480 e. The van der Waals surface area contributed by atoms with E-state index in [1.165, 1.54) is 17.8 Å². The maximum atomic E-state index is 13.9. The Morgan fingerprint density at radius 2 is 1.94 bits per heavy atom. The van der Waals surface area contributed by atoms with E-state index in [2.05, 4.69) is 15.5 Å². The smallest absolute Gasteiger partial charge is 0.234 e. The molecule has 1 N–H and O–H groups in total.